The van der Waals surface area contributed by atoms with Crippen molar-refractivity contribution in [2.45, 2.75) is 34.1 Å². The van der Waals surface area contributed by atoms with E-state index in [1.54, 1.807) is 12.2 Å². The van der Waals surface area contributed by atoms with Gasteiger partial charge in [-0.3, -0.25) is 9.59 Å². The summed E-state index contributed by atoms with van der Waals surface area (Å²) < 4.78 is 9.70. The van der Waals surface area contributed by atoms with Crippen molar-refractivity contribution in [3.05, 3.63) is 46.6 Å². The van der Waals surface area contributed by atoms with Gasteiger partial charge in [-0.2, -0.15) is 0 Å². The van der Waals surface area contributed by atoms with Gasteiger partial charge in [-0.1, -0.05) is 35.5 Å². The summed E-state index contributed by atoms with van der Waals surface area (Å²) in [6.07, 6.45) is 7.13. The lowest BCUT2D eigenvalue weighted by molar-refractivity contribution is -0.145. The fourth-order valence-electron chi connectivity index (χ4n) is 2.86. The number of allylic oxidation sites excluding steroid dienone is 6. The van der Waals surface area contributed by atoms with Gasteiger partial charge >= 0.3 is 11.9 Å². The Labute approximate surface area is 149 Å². The molecule has 0 spiro atoms. The molecule has 0 N–H and O–H groups in total. The van der Waals surface area contributed by atoms with Crippen molar-refractivity contribution in [1.82, 2.24) is 0 Å². The molecule has 136 valence electrons. The lowest BCUT2D eigenvalue weighted by atomic mass is 9.73. The fourth-order valence-corrected chi connectivity index (χ4v) is 2.86. The van der Waals surface area contributed by atoms with Gasteiger partial charge in [0.2, 0.25) is 0 Å². The van der Waals surface area contributed by atoms with E-state index in [0.717, 1.165) is 11.1 Å². The van der Waals surface area contributed by atoms with Gasteiger partial charge in [-0.25, -0.2) is 4.79 Å². The first-order valence-electron chi connectivity index (χ1n) is 8.13. The van der Waals surface area contributed by atoms with E-state index in [-0.39, 0.29) is 23.7 Å². The summed E-state index contributed by atoms with van der Waals surface area (Å²) in [7, 11) is 2.52. The Morgan fingerprint density at radius 3 is 2.16 bits per heavy atom. The van der Waals surface area contributed by atoms with Crippen molar-refractivity contribution in [2.24, 2.45) is 11.8 Å². The van der Waals surface area contributed by atoms with Crippen LogP contribution in [0.25, 0.3) is 0 Å². The average Bonchev–Trinajstić information content (AvgIpc) is 2.52. The van der Waals surface area contributed by atoms with Crippen molar-refractivity contribution in [3.8, 4) is 0 Å². The maximum atomic E-state index is 12.6. The summed E-state index contributed by atoms with van der Waals surface area (Å²) in [4.78, 5) is 37.1. The maximum Gasteiger partial charge on any atom is 0.341 e. The number of carbonyl (C=O) groups is 3. The molecule has 5 nitrogen and oxygen atoms in total. The Kier molecular flexibility index (Phi) is 7.55. The van der Waals surface area contributed by atoms with E-state index >= 15 is 0 Å². The van der Waals surface area contributed by atoms with E-state index in [1.807, 2.05) is 39.8 Å². The first-order chi connectivity index (χ1) is 11.7. The van der Waals surface area contributed by atoms with Crippen LogP contribution < -0.4 is 0 Å². The first kappa shape index (κ1) is 20.6. The standard InChI is InChI=1S/C20H26O5/c1-12(2)8-7-9-15-17(19(22)24-5)14(10-13(3)4)11-16(21)18(15)20(23)25-6/h7-10,14,17H,11H2,1-6H3/b9-7+/t14-,17-/m0/s1. The molecule has 1 aliphatic rings. The van der Waals surface area contributed by atoms with Gasteiger partial charge in [0.05, 0.1) is 20.1 Å². The fraction of sp³-hybridized carbons (Fsp3) is 0.450. The molecular weight excluding hydrogens is 320 g/mol. The molecule has 0 fully saturated rings. The number of esters is 2. The third-order valence-electron chi connectivity index (χ3n) is 3.85. The smallest absolute Gasteiger partial charge is 0.341 e. The van der Waals surface area contributed by atoms with E-state index in [2.05, 4.69) is 0 Å². The van der Waals surface area contributed by atoms with Crippen molar-refractivity contribution in [2.75, 3.05) is 14.2 Å². The highest BCUT2D eigenvalue weighted by atomic mass is 16.5. The van der Waals surface area contributed by atoms with Crippen LogP contribution in [0.5, 0.6) is 0 Å². The second kappa shape index (κ2) is 9.16. The molecule has 0 aromatic carbocycles. The van der Waals surface area contributed by atoms with Gasteiger partial charge in [0.15, 0.2) is 5.78 Å². The van der Waals surface area contributed by atoms with Crippen LogP contribution in [0.15, 0.2) is 46.6 Å². The van der Waals surface area contributed by atoms with E-state index in [9.17, 15) is 14.4 Å². The Morgan fingerprint density at radius 2 is 1.68 bits per heavy atom. The van der Waals surface area contributed by atoms with Gasteiger partial charge in [0.25, 0.3) is 0 Å². The third-order valence-corrected chi connectivity index (χ3v) is 3.85. The summed E-state index contributed by atoms with van der Waals surface area (Å²) in [5.74, 6) is -2.62. The molecule has 2 atom stereocenters. The molecule has 0 saturated heterocycles. The molecule has 25 heavy (non-hydrogen) atoms. The highest BCUT2D eigenvalue weighted by molar-refractivity contribution is 6.19. The van der Waals surface area contributed by atoms with E-state index in [4.69, 9.17) is 9.47 Å². The molecule has 1 rings (SSSR count). The van der Waals surface area contributed by atoms with Gasteiger partial charge in [0, 0.05) is 12.3 Å². The molecule has 5 heteroatoms. The lowest BCUT2D eigenvalue weighted by Crippen LogP contribution is -2.35. The lowest BCUT2D eigenvalue weighted by Gasteiger charge is -2.29. The minimum atomic E-state index is -0.730. The van der Waals surface area contributed by atoms with Gasteiger partial charge in [0.1, 0.15) is 5.57 Å². The number of rotatable bonds is 5. The predicted molar refractivity (Wildman–Crippen MR) is 95.7 cm³/mol. The largest absolute Gasteiger partial charge is 0.469 e. The molecular formula is C20H26O5. The second-order valence-corrected chi connectivity index (χ2v) is 6.46. The molecule has 0 aromatic heterocycles. The number of hydrogen-bond acceptors (Lipinski definition) is 5. The summed E-state index contributed by atoms with van der Waals surface area (Å²) in [5, 5.41) is 0. The van der Waals surface area contributed by atoms with Gasteiger partial charge < -0.3 is 9.47 Å². The van der Waals surface area contributed by atoms with Crippen LogP contribution in [-0.4, -0.2) is 31.9 Å². The summed E-state index contributed by atoms with van der Waals surface area (Å²) >= 11 is 0. The van der Waals surface area contributed by atoms with Crippen LogP contribution in [0.2, 0.25) is 0 Å². The predicted octanol–water partition coefficient (Wildman–Crippen LogP) is 3.32. The number of carbonyl (C=O) groups excluding carboxylic acids is 3. The topological polar surface area (TPSA) is 69.7 Å². The number of hydrogen-bond donors (Lipinski definition) is 0. The molecule has 0 radical (unpaired) electrons. The first-order valence-corrected chi connectivity index (χ1v) is 8.13. The van der Waals surface area contributed by atoms with Crippen LogP contribution in [0, 0.1) is 11.8 Å². The van der Waals surface area contributed by atoms with Crippen molar-refractivity contribution in [1.29, 1.82) is 0 Å². The van der Waals surface area contributed by atoms with Gasteiger partial charge in [-0.15, -0.1) is 0 Å². The Hall–Kier alpha value is -2.43. The molecule has 1 aliphatic carbocycles. The minimum absolute atomic E-state index is 0.0648. The van der Waals surface area contributed by atoms with Crippen LogP contribution in [0.1, 0.15) is 34.1 Å². The SMILES string of the molecule is COC(=O)C1=C(/C=C/C=C(C)C)[C@@H](C(=O)OC)[C@@H](C=C(C)C)CC1=O. The number of ketones is 1. The van der Waals surface area contributed by atoms with Crippen LogP contribution in [-0.2, 0) is 23.9 Å². The van der Waals surface area contributed by atoms with E-state index in [1.165, 1.54) is 14.2 Å². The van der Waals surface area contributed by atoms with E-state index < -0.39 is 17.9 Å². The monoisotopic (exact) mass is 346 g/mol. The molecule has 0 saturated carbocycles. The third kappa shape index (κ3) is 5.28. The number of ether oxygens (including phenoxy) is 2. The molecule has 0 unspecified atom stereocenters. The Bertz CT molecular complexity index is 668. The van der Waals surface area contributed by atoms with E-state index in [0.29, 0.717) is 5.57 Å². The summed E-state index contributed by atoms with van der Waals surface area (Å²) in [5.41, 5.74) is 2.31. The maximum absolute atomic E-state index is 12.6. The zero-order valence-corrected chi connectivity index (χ0v) is 15.7. The molecule has 0 aromatic rings. The van der Waals surface area contributed by atoms with Gasteiger partial charge in [-0.05, 0) is 33.3 Å². The normalized spacial score (nSPS) is 20.3. The zero-order chi connectivity index (χ0) is 19.1. The zero-order valence-electron chi connectivity index (χ0n) is 15.7. The number of methoxy groups -OCH3 is 2. The van der Waals surface area contributed by atoms with Crippen molar-refractivity contribution in [3.63, 3.8) is 0 Å². The second-order valence-electron chi connectivity index (χ2n) is 6.46. The molecule has 0 amide bonds. The van der Waals surface area contributed by atoms with Crippen LogP contribution >= 0.6 is 0 Å². The Balaban J connectivity index is 3.62. The Morgan fingerprint density at radius 1 is 1.04 bits per heavy atom. The average molecular weight is 346 g/mol. The quantitative estimate of drug-likeness (QED) is 0.330. The minimum Gasteiger partial charge on any atom is -0.469 e. The molecule has 0 heterocycles. The van der Waals surface area contributed by atoms with Crippen LogP contribution in [0.4, 0.5) is 0 Å². The molecule has 0 aliphatic heterocycles. The molecule has 0 bridgehead atoms. The summed E-state index contributed by atoms with van der Waals surface area (Å²) in [6, 6.07) is 0. The highest BCUT2D eigenvalue weighted by Gasteiger charge is 2.41. The van der Waals surface area contributed by atoms with Crippen LogP contribution in [0.3, 0.4) is 0 Å². The highest BCUT2D eigenvalue weighted by Crippen LogP contribution is 2.37. The van der Waals surface area contributed by atoms with Crippen molar-refractivity contribution >= 4 is 17.7 Å². The summed E-state index contributed by atoms with van der Waals surface area (Å²) in [6.45, 7) is 7.65. The van der Waals surface area contributed by atoms with Crippen molar-refractivity contribution < 1.29 is 23.9 Å². The number of Topliss-reactive ketones (excluding diaryl/α,β-unsaturated/α-hetero) is 1.